The van der Waals surface area contributed by atoms with Gasteiger partial charge in [-0.05, 0) is 89.9 Å². The summed E-state index contributed by atoms with van der Waals surface area (Å²) in [6.07, 6.45) is 79.3. The summed E-state index contributed by atoms with van der Waals surface area (Å²) < 4.78 is 23.6. The number of amides is 1. The van der Waals surface area contributed by atoms with Gasteiger partial charge in [0.05, 0.1) is 39.9 Å². The van der Waals surface area contributed by atoms with Crippen molar-refractivity contribution in [1.82, 2.24) is 5.32 Å². The number of aliphatic hydroxyl groups is 1. The molecule has 1 amide bonds. The van der Waals surface area contributed by atoms with E-state index in [4.69, 9.17) is 9.05 Å². The van der Waals surface area contributed by atoms with E-state index in [-0.39, 0.29) is 19.1 Å². The van der Waals surface area contributed by atoms with E-state index < -0.39 is 20.0 Å². The van der Waals surface area contributed by atoms with Crippen molar-refractivity contribution >= 4 is 13.7 Å². The van der Waals surface area contributed by atoms with Crippen LogP contribution in [0.5, 0.6) is 0 Å². The number of carbonyl (C=O) groups is 1. The smallest absolute Gasteiger partial charge is 0.387 e. The van der Waals surface area contributed by atoms with Gasteiger partial charge in [-0.3, -0.25) is 13.8 Å². The third-order valence-electron chi connectivity index (χ3n) is 12.7. The lowest BCUT2D eigenvalue weighted by Gasteiger charge is -2.25. The second-order valence-corrected chi connectivity index (χ2v) is 22.4. The highest BCUT2D eigenvalue weighted by Gasteiger charge is 2.27. The van der Waals surface area contributed by atoms with Gasteiger partial charge in [-0.15, -0.1) is 0 Å². The zero-order valence-corrected chi connectivity index (χ0v) is 48.7. The summed E-state index contributed by atoms with van der Waals surface area (Å²) in [5, 5.41) is 13.9. The molecular formula is C64H114N2O6P+. The lowest BCUT2D eigenvalue weighted by atomic mass is 10.0. The third kappa shape index (κ3) is 56.7. The van der Waals surface area contributed by atoms with Crippen molar-refractivity contribution < 1.29 is 32.9 Å². The predicted molar refractivity (Wildman–Crippen MR) is 318 cm³/mol. The van der Waals surface area contributed by atoms with Crippen LogP contribution in [0.3, 0.4) is 0 Å². The zero-order chi connectivity index (χ0) is 53.5. The quantitative estimate of drug-likeness (QED) is 0.0243. The highest BCUT2D eigenvalue weighted by Crippen LogP contribution is 2.43. The van der Waals surface area contributed by atoms with Crippen LogP contribution >= 0.6 is 7.82 Å². The molecule has 0 aromatic carbocycles. The summed E-state index contributed by atoms with van der Waals surface area (Å²) in [5.41, 5.74) is 0. The van der Waals surface area contributed by atoms with Crippen LogP contribution in [0.15, 0.2) is 109 Å². The van der Waals surface area contributed by atoms with Crippen molar-refractivity contribution in [1.29, 1.82) is 0 Å². The number of carbonyl (C=O) groups excluding carboxylic acids is 1. The van der Waals surface area contributed by atoms with Crippen LogP contribution in [-0.2, 0) is 18.4 Å². The SMILES string of the molecule is CC/C=C\C/C=C\C/C=C\C/C=C\C/C=C\C/C=C\C/C=C\CCCCCCCCCCCCCCCCCCCC(=O)NC(COP(=O)(O)OCC[N+](C)(C)C)C(O)/C=C/CC/C=C/CCCCCCCC. The fraction of sp³-hybridized carbons (Fsp3) is 0.703. The molecule has 0 saturated heterocycles. The van der Waals surface area contributed by atoms with Gasteiger partial charge in [0.1, 0.15) is 13.2 Å². The monoisotopic (exact) mass is 1040 g/mol. The number of quaternary nitrogens is 1. The van der Waals surface area contributed by atoms with E-state index in [1.165, 1.54) is 135 Å². The highest BCUT2D eigenvalue weighted by molar-refractivity contribution is 7.47. The molecule has 0 fully saturated rings. The summed E-state index contributed by atoms with van der Waals surface area (Å²) in [4.78, 5) is 23.2. The molecule has 0 spiro atoms. The lowest BCUT2D eigenvalue weighted by molar-refractivity contribution is -0.870. The Labute approximate surface area is 451 Å². The van der Waals surface area contributed by atoms with Crippen molar-refractivity contribution in [2.24, 2.45) is 0 Å². The van der Waals surface area contributed by atoms with Crippen molar-refractivity contribution in [2.75, 3.05) is 40.9 Å². The van der Waals surface area contributed by atoms with E-state index in [0.717, 1.165) is 83.5 Å². The van der Waals surface area contributed by atoms with Crippen LogP contribution in [0, 0.1) is 0 Å². The Morgan fingerprint density at radius 1 is 0.479 bits per heavy atom. The normalized spacial score (nSPS) is 14.7. The number of allylic oxidation sites excluding steroid dienone is 17. The van der Waals surface area contributed by atoms with Gasteiger partial charge < -0.3 is 19.8 Å². The van der Waals surface area contributed by atoms with Crippen molar-refractivity contribution in [3.63, 3.8) is 0 Å². The molecule has 0 aromatic rings. The van der Waals surface area contributed by atoms with Crippen LogP contribution in [-0.4, -0.2) is 73.4 Å². The Balaban J connectivity index is 3.99. The number of phosphoric acid groups is 1. The second kappa shape index (κ2) is 54.0. The minimum atomic E-state index is -4.35. The minimum Gasteiger partial charge on any atom is -0.387 e. The molecule has 0 bridgehead atoms. The van der Waals surface area contributed by atoms with Gasteiger partial charge in [-0.25, -0.2) is 4.57 Å². The maximum atomic E-state index is 12.9. The van der Waals surface area contributed by atoms with Gasteiger partial charge in [0, 0.05) is 6.42 Å². The van der Waals surface area contributed by atoms with Gasteiger partial charge in [0.15, 0.2) is 0 Å². The van der Waals surface area contributed by atoms with E-state index in [0.29, 0.717) is 17.4 Å². The van der Waals surface area contributed by atoms with Crippen LogP contribution in [0.2, 0.25) is 0 Å². The minimum absolute atomic E-state index is 0.0531. The van der Waals surface area contributed by atoms with Crippen molar-refractivity contribution in [3.8, 4) is 0 Å². The molecule has 0 aliphatic rings. The number of phosphoric ester groups is 1. The lowest BCUT2D eigenvalue weighted by Crippen LogP contribution is -2.45. The number of nitrogens with zero attached hydrogens (tertiary/aromatic N) is 1. The summed E-state index contributed by atoms with van der Waals surface area (Å²) in [6.45, 7) is 4.65. The molecule has 3 N–H and O–H groups in total. The first-order valence-corrected chi connectivity index (χ1v) is 31.3. The number of hydrogen-bond acceptors (Lipinski definition) is 5. The summed E-state index contributed by atoms with van der Waals surface area (Å²) in [5.74, 6) is -0.190. The summed E-state index contributed by atoms with van der Waals surface area (Å²) in [7, 11) is 1.55. The number of unbranched alkanes of at least 4 members (excludes halogenated alkanes) is 24. The molecule has 9 heteroatoms. The maximum Gasteiger partial charge on any atom is 0.472 e. The van der Waals surface area contributed by atoms with E-state index in [1.807, 2.05) is 27.2 Å². The third-order valence-corrected chi connectivity index (χ3v) is 13.7. The number of nitrogens with one attached hydrogen (secondary N) is 1. The van der Waals surface area contributed by atoms with Crippen LogP contribution < -0.4 is 5.32 Å². The predicted octanol–water partition coefficient (Wildman–Crippen LogP) is 18.4. The Morgan fingerprint density at radius 2 is 0.836 bits per heavy atom. The summed E-state index contributed by atoms with van der Waals surface area (Å²) in [6, 6.07) is -0.867. The van der Waals surface area contributed by atoms with Crippen LogP contribution in [0.25, 0.3) is 0 Å². The molecule has 0 aliphatic carbocycles. The average molecular weight is 1040 g/mol. The van der Waals surface area contributed by atoms with E-state index in [2.05, 4.69) is 116 Å². The first-order valence-electron chi connectivity index (χ1n) is 29.8. The molecule has 0 saturated carbocycles. The van der Waals surface area contributed by atoms with Crippen molar-refractivity contribution in [3.05, 3.63) is 109 Å². The van der Waals surface area contributed by atoms with Gasteiger partial charge in [0.25, 0.3) is 0 Å². The molecule has 0 aliphatic heterocycles. The fourth-order valence-electron chi connectivity index (χ4n) is 8.10. The molecule has 8 nitrogen and oxygen atoms in total. The van der Waals surface area contributed by atoms with Gasteiger partial charge >= 0.3 is 7.82 Å². The largest absolute Gasteiger partial charge is 0.472 e. The molecule has 3 atom stereocenters. The fourth-order valence-corrected chi connectivity index (χ4v) is 8.83. The number of rotatable bonds is 53. The second-order valence-electron chi connectivity index (χ2n) is 21.0. The topological polar surface area (TPSA) is 105 Å². The van der Waals surface area contributed by atoms with Gasteiger partial charge in [-0.1, -0.05) is 252 Å². The molecule has 0 radical (unpaired) electrons. The molecular weight excluding hydrogens is 924 g/mol. The van der Waals surface area contributed by atoms with Gasteiger partial charge in [0.2, 0.25) is 5.91 Å². The zero-order valence-electron chi connectivity index (χ0n) is 47.8. The molecule has 0 rings (SSSR count). The number of aliphatic hydroxyl groups excluding tert-OH is 1. The standard InChI is InChI=1S/C64H113N2O6P/c1-6-8-10-12-14-16-18-20-21-22-23-24-25-26-27-28-29-30-31-32-33-34-35-36-37-38-39-40-41-42-43-44-45-46-48-50-52-54-56-58-64(68)65-62(61-72-73(69,70)71-60-59-66(3,4)5)63(67)57-55-53-51-49-47-19-17-15-13-11-9-7-2/h8,10,14,16,20-21,23-24,26-27,29-30,32-33,47,49,55,57,62-63,67H,6-7,9,11-13,15,17-19,22,25,28,31,34-46,48,50-54,56,58-61H2,1-5H3,(H-,65,68,69,70)/p+1/b10-8-,16-14-,21-20-,24-23-,27-26-,30-29-,33-32-,49-47+,57-55+. The first kappa shape index (κ1) is 70.2. The Morgan fingerprint density at radius 3 is 1.26 bits per heavy atom. The summed E-state index contributed by atoms with van der Waals surface area (Å²) >= 11 is 0. The first-order chi connectivity index (χ1) is 35.5. The van der Waals surface area contributed by atoms with E-state index in [9.17, 15) is 19.4 Å². The van der Waals surface area contributed by atoms with E-state index in [1.54, 1.807) is 6.08 Å². The molecule has 3 unspecified atom stereocenters. The number of hydrogen-bond donors (Lipinski definition) is 3. The van der Waals surface area contributed by atoms with Crippen molar-refractivity contribution in [2.45, 2.75) is 251 Å². The van der Waals surface area contributed by atoms with Gasteiger partial charge in [-0.2, -0.15) is 0 Å². The van der Waals surface area contributed by atoms with Crippen LogP contribution in [0.1, 0.15) is 239 Å². The Kier molecular flexibility index (Phi) is 51.9. The molecule has 420 valence electrons. The number of likely N-dealkylation sites (N-methyl/N-ethyl adjacent to an activating group) is 1. The Hall–Kier alpha value is -2.84. The van der Waals surface area contributed by atoms with Crippen LogP contribution in [0.4, 0.5) is 0 Å². The highest BCUT2D eigenvalue weighted by atomic mass is 31.2. The maximum absolute atomic E-state index is 12.9. The Bertz CT molecular complexity index is 1550. The molecule has 0 aromatic heterocycles. The molecule has 0 heterocycles. The average Bonchev–Trinajstić information content (AvgIpc) is 3.35. The molecule has 73 heavy (non-hydrogen) atoms. The van der Waals surface area contributed by atoms with E-state index >= 15 is 0 Å².